The van der Waals surface area contributed by atoms with Gasteiger partial charge in [-0.05, 0) is 37.5 Å². The van der Waals surface area contributed by atoms with Crippen LogP contribution in [0.15, 0.2) is 48.5 Å². The molecule has 2 aromatic rings. The summed E-state index contributed by atoms with van der Waals surface area (Å²) in [4.78, 5) is 26.9. The standard InChI is InChI=1S/C25H31FN4O4S/c1-17-8-11-24(19-6-4-3-5-7-19)35(33,34)30(17)15-20-9-10-21(14-22(20)26)28-12-13-29(18(2)31)23(16-28)25(27)32/h3-7,9-10,14,17,23-24H,8,11-13,15-16H2,1-2H3,(H2,27,32)/t17-,23+,24?/m0/s1. The van der Waals surface area contributed by atoms with Crippen molar-refractivity contribution < 1.29 is 22.4 Å². The Morgan fingerprint density at radius 3 is 2.43 bits per heavy atom. The molecule has 0 aromatic heterocycles. The molecule has 0 bridgehead atoms. The molecular weight excluding hydrogens is 471 g/mol. The van der Waals surface area contributed by atoms with Crippen LogP contribution in [0.4, 0.5) is 10.1 Å². The topological polar surface area (TPSA) is 104 Å². The van der Waals surface area contributed by atoms with Crippen molar-refractivity contribution in [2.24, 2.45) is 5.73 Å². The number of hydrogen-bond donors (Lipinski definition) is 1. The number of anilines is 1. The molecule has 188 valence electrons. The highest BCUT2D eigenvalue weighted by atomic mass is 32.2. The third-order valence-corrected chi connectivity index (χ3v) is 9.41. The molecule has 0 aliphatic carbocycles. The molecule has 2 heterocycles. The van der Waals surface area contributed by atoms with Crippen LogP contribution in [-0.4, -0.2) is 61.2 Å². The lowest BCUT2D eigenvalue weighted by atomic mass is 10.0. The first-order valence-corrected chi connectivity index (χ1v) is 13.3. The third kappa shape index (κ3) is 5.04. The molecule has 35 heavy (non-hydrogen) atoms. The number of rotatable bonds is 5. The van der Waals surface area contributed by atoms with E-state index in [2.05, 4.69) is 0 Å². The zero-order valence-corrected chi connectivity index (χ0v) is 20.7. The third-order valence-electron chi connectivity index (χ3n) is 7.04. The first-order valence-electron chi connectivity index (χ1n) is 11.7. The second kappa shape index (κ2) is 9.94. The minimum atomic E-state index is -3.68. The van der Waals surface area contributed by atoms with Crippen molar-refractivity contribution in [3.8, 4) is 0 Å². The number of benzene rings is 2. The summed E-state index contributed by atoms with van der Waals surface area (Å²) in [6.07, 6.45) is 1.21. The van der Waals surface area contributed by atoms with Crippen LogP contribution in [0.1, 0.15) is 43.1 Å². The van der Waals surface area contributed by atoms with Crippen LogP contribution in [0.2, 0.25) is 0 Å². The van der Waals surface area contributed by atoms with Crippen LogP contribution in [0.5, 0.6) is 0 Å². The van der Waals surface area contributed by atoms with Crippen LogP contribution in [0.25, 0.3) is 0 Å². The van der Waals surface area contributed by atoms with Crippen LogP contribution in [0.3, 0.4) is 0 Å². The maximum Gasteiger partial charge on any atom is 0.242 e. The average Bonchev–Trinajstić information content (AvgIpc) is 2.82. The molecule has 2 aromatic carbocycles. The fourth-order valence-electron chi connectivity index (χ4n) is 5.02. The van der Waals surface area contributed by atoms with E-state index in [1.165, 1.54) is 22.2 Å². The second-order valence-electron chi connectivity index (χ2n) is 9.27. The van der Waals surface area contributed by atoms with E-state index in [-0.39, 0.29) is 30.6 Å². The van der Waals surface area contributed by atoms with Gasteiger partial charge in [0.25, 0.3) is 0 Å². The Kier molecular flexibility index (Phi) is 7.14. The Labute approximate surface area is 205 Å². The summed E-state index contributed by atoms with van der Waals surface area (Å²) >= 11 is 0. The lowest BCUT2D eigenvalue weighted by Crippen LogP contribution is -2.59. The first-order chi connectivity index (χ1) is 16.6. The lowest BCUT2D eigenvalue weighted by molar-refractivity contribution is -0.138. The number of nitrogens with two attached hydrogens (primary N) is 1. The SMILES string of the molecule is CC(=O)N1CCN(c2ccc(CN3[C@@H](C)CCC(c4ccccc4)S3(=O)=O)c(F)c2)C[C@@H]1C(N)=O. The van der Waals surface area contributed by atoms with Gasteiger partial charge in [-0.15, -0.1) is 0 Å². The fourth-order valence-corrected chi connectivity index (χ4v) is 7.21. The average molecular weight is 503 g/mol. The van der Waals surface area contributed by atoms with Crippen LogP contribution >= 0.6 is 0 Å². The normalized spacial score (nSPS) is 24.8. The Morgan fingerprint density at radius 2 is 1.80 bits per heavy atom. The molecule has 4 rings (SSSR count). The number of carbonyl (C=O) groups is 2. The lowest BCUT2D eigenvalue weighted by Gasteiger charge is -2.40. The Morgan fingerprint density at radius 1 is 1.09 bits per heavy atom. The quantitative estimate of drug-likeness (QED) is 0.676. The highest BCUT2D eigenvalue weighted by molar-refractivity contribution is 7.89. The van der Waals surface area contributed by atoms with Crippen molar-refractivity contribution in [3.63, 3.8) is 0 Å². The van der Waals surface area contributed by atoms with Crippen LogP contribution < -0.4 is 10.6 Å². The maximum absolute atomic E-state index is 15.2. The van der Waals surface area contributed by atoms with Crippen molar-refractivity contribution in [2.45, 2.75) is 50.6 Å². The van der Waals surface area contributed by atoms with Gasteiger partial charge in [-0.1, -0.05) is 36.4 Å². The molecule has 3 atom stereocenters. The van der Waals surface area contributed by atoms with Gasteiger partial charge in [0.15, 0.2) is 0 Å². The molecule has 2 aliphatic rings. The first kappa shape index (κ1) is 25.1. The van der Waals surface area contributed by atoms with E-state index in [9.17, 15) is 18.0 Å². The zero-order chi connectivity index (χ0) is 25.3. The van der Waals surface area contributed by atoms with E-state index >= 15 is 4.39 Å². The molecule has 1 unspecified atom stereocenters. The number of carbonyl (C=O) groups excluding carboxylic acids is 2. The van der Waals surface area contributed by atoms with Crippen LogP contribution in [0, 0.1) is 5.82 Å². The summed E-state index contributed by atoms with van der Waals surface area (Å²) in [6, 6.07) is 12.8. The van der Waals surface area contributed by atoms with Gasteiger partial charge >= 0.3 is 0 Å². The summed E-state index contributed by atoms with van der Waals surface area (Å²) in [5.74, 6) is -1.36. The molecule has 2 saturated heterocycles. The fraction of sp³-hybridized carbons (Fsp3) is 0.440. The zero-order valence-electron chi connectivity index (χ0n) is 19.9. The molecule has 2 N–H and O–H groups in total. The number of hydrogen-bond acceptors (Lipinski definition) is 5. The minimum absolute atomic E-state index is 0.0546. The molecule has 0 saturated carbocycles. The van der Waals surface area contributed by atoms with Crippen molar-refractivity contribution in [3.05, 3.63) is 65.5 Å². The van der Waals surface area contributed by atoms with Crippen molar-refractivity contribution in [1.29, 1.82) is 0 Å². The molecule has 8 nitrogen and oxygen atoms in total. The predicted molar refractivity (Wildman–Crippen MR) is 131 cm³/mol. The molecular formula is C25H31FN4O4S. The van der Waals surface area contributed by atoms with E-state index in [4.69, 9.17) is 5.73 Å². The monoisotopic (exact) mass is 502 g/mol. The Balaban J connectivity index is 1.54. The molecule has 0 spiro atoms. The molecule has 2 aliphatic heterocycles. The van der Waals surface area contributed by atoms with Gasteiger partial charge < -0.3 is 15.5 Å². The summed E-state index contributed by atoms with van der Waals surface area (Å²) in [5, 5.41) is -0.648. The van der Waals surface area contributed by atoms with Gasteiger partial charge in [0.2, 0.25) is 21.8 Å². The number of nitrogens with zero attached hydrogens (tertiary/aromatic N) is 3. The smallest absolute Gasteiger partial charge is 0.242 e. The number of sulfonamides is 1. The Bertz CT molecular complexity index is 1210. The second-order valence-corrected chi connectivity index (χ2v) is 11.3. The molecule has 2 amide bonds. The largest absolute Gasteiger partial charge is 0.368 e. The highest BCUT2D eigenvalue weighted by Crippen LogP contribution is 2.38. The van der Waals surface area contributed by atoms with Gasteiger partial charge in [0.1, 0.15) is 17.1 Å². The van der Waals surface area contributed by atoms with Gasteiger partial charge in [0, 0.05) is 50.4 Å². The van der Waals surface area contributed by atoms with E-state index in [0.717, 1.165) is 5.56 Å². The minimum Gasteiger partial charge on any atom is -0.368 e. The van der Waals surface area contributed by atoms with Crippen molar-refractivity contribution in [2.75, 3.05) is 24.5 Å². The van der Waals surface area contributed by atoms with E-state index in [1.54, 1.807) is 12.1 Å². The van der Waals surface area contributed by atoms with Gasteiger partial charge in [-0.2, -0.15) is 4.31 Å². The van der Waals surface area contributed by atoms with Crippen molar-refractivity contribution >= 4 is 27.5 Å². The van der Waals surface area contributed by atoms with Gasteiger partial charge in [0.05, 0.1) is 0 Å². The number of halogens is 1. The number of primary amides is 1. The summed E-state index contributed by atoms with van der Waals surface area (Å²) in [6.45, 7) is 4.09. The maximum atomic E-state index is 15.2. The molecule has 10 heteroatoms. The van der Waals surface area contributed by atoms with Gasteiger partial charge in [-0.25, -0.2) is 12.8 Å². The van der Waals surface area contributed by atoms with Crippen molar-refractivity contribution in [1.82, 2.24) is 9.21 Å². The van der Waals surface area contributed by atoms with E-state index < -0.39 is 33.0 Å². The number of amides is 2. The molecule has 0 radical (unpaired) electrons. The highest BCUT2D eigenvalue weighted by Gasteiger charge is 2.41. The van der Waals surface area contributed by atoms with E-state index in [0.29, 0.717) is 31.6 Å². The van der Waals surface area contributed by atoms with Crippen LogP contribution in [-0.2, 0) is 26.2 Å². The summed E-state index contributed by atoms with van der Waals surface area (Å²) < 4.78 is 43.5. The Hall–Kier alpha value is -2.98. The number of piperazine rings is 1. The van der Waals surface area contributed by atoms with E-state index in [1.807, 2.05) is 42.2 Å². The summed E-state index contributed by atoms with van der Waals surface area (Å²) in [5.41, 5.74) is 7.07. The van der Waals surface area contributed by atoms with Gasteiger partial charge in [-0.3, -0.25) is 9.59 Å². The molecule has 2 fully saturated rings. The summed E-state index contributed by atoms with van der Waals surface area (Å²) in [7, 11) is -3.68. The predicted octanol–water partition coefficient (Wildman–Crippen LogP) is 2.40.